The summed E-state index contributed by atoms with van der Waals surface area (Å²) in [4.78, 5) is 13.2. The van der Waals surface area contributed by atoms with Gasteiger partial charge in [0.1, 0.15) is 11.6 Å². The van der Waals surface area contributed by atoms with E-state index in [9.17, 15) is 9.18 Å². The van der Waals surface area contributed by atoms with Gasteiger partial charge in [-0.15, -0.1) is 11.8 Å². The van der Waals surface area contributed by atoms with Gasteiger partial charge in [0.05, 0.1) is 29.1 Å². The van der Waals surface area contributed by atoms with Gasteiger partial charge >= 0.3 is 0 Å². The molecule has 0 saturated carbocycles. The third-order valence-corrected chi connectivity index (χ3v) is 5.72. The predicted octanol–water partition coefficient (Wildman–Crippen LogP) is 6.27. The number of hydrogen-bond acceptors (Lipinski definition) is 4. The zero-order valence-electron chi connectivity index (χ0n) is 16.7. The molecule has 0 aliphatic carbocycles. The second-order valence-electron chi connectivity index (χ2n) is 6.25. The van der Waals surface area contributed by atoms with Gasteiger partial charge in [-0.25, -0.2) is 4.39 Å². The molecule has 31 heavy (non-hydrogen) atoms. The van der Waals surface area contributed by atoms with E-state index in [2.05, 4.69) is 16.0 Å². The van der Waals surface area contributed by atoms with Crippen molar-refractivity contribution in [3.63, 3.8) is 0 Å². The first-order valence-corrected chi connectivity index (χ1v) is 11.1. The van der Waals surface area contributed by atoms with E-state index >= 15 is 0 Å². The Morgan fingerprint density at radius 2 is 1.77 bits per heavy atom. The smallest absolute Gasteiger partial charge is 0.258 e. The zero-order chi connectivity index (χ0) is 22.4. The Hall–Kier alpha value is -2.81. The number of nitrogens with one attached hydrogen (secondary N) is 3. The lowest BCUT2D eigenvalue weighted by Crippen LogP contribution is -2.20. The number of amides is 1. The van der Waals surface area contributed by atoms with Gasteiger partial charge in [0, 0.05) is 16.6 Å². The molecule has 0 aromatic heterocycles. The van der Waals surface area contributed by atoms with E-state index in [0.717, 1.165) is 10.6 Å². The highest BCUT2D eigenvalue weighted by atomic mass is 35.5. The van der Waals surface area contributed by atoms with Crippen LogP contribution in [0, 0.1) is 5.82 Å². The number of hydrogen-bond donors (Lipinski definition) is 3. The first kappa shape index (κ1) is 22.9. The van der Waals surface area contributed by atoms with Crippen LogP contribution in [0.2, 0.25) is 5.02 Å². The molecule has 0 unspecified atom stereocenters. The van der Waals surface area contributed by atoms with E-state index in [1.54, 1.807) is 24.3 Å². The number of ether oxygens (including phenoxy) is 1. The maximum Gasteiger partial charge on any atom is 0.258 e. The van der Waals surface area contributed by atoms with E-state index in [-0.39, 0.29) is 5.56 Å². The first-order valence-electron chi connectivity index (χ1n) is 9.07. The third-order valence-electron chi connectivity index (χ3n) is 4.25. The van der Waals surface area contributed by atoms with Gasteiger partial charge < -0.3 is 20.7 Å². The average Bonchev–Trinajstić information content (AvgIpc) is 2.75. The number of halogens is 2. The Labute approximate surface area is 194 Å². The molecule has 3 rings (SSSR count). The Morgan fingerprint density at radius 1 is 1.03 bits per heavy atom. The van der Waals surface area contributed by atoms with E-state index < -0.39 is 11.7 Å². The normalized spacial score (nSPS) is 10.3. The van der Waals surface area contributed by atoms with Crippen LogP contribution >= 0.6 is 35.6 Å². The molecule has 0 saturated heterocycles. The minimum Gasteiger partial charge on any atom is -0.494 e. The number of benzene rings is 3. The molecular formula is C22H19ClFN3O2S2. The van der Waals surface area contributed by atoms with Crippen LogP contribution < -0.4 is 20.7 Å². The van der Waals surface area contributed by atoms with Crippen molar-refractivity contribution in [2.45, 2.75) is 4.90 Å². The lowest BCUT2D eigenvalue weighted by atomic mass is 10.2. The molecule has 9 heteroatoms. The first-order chi connectivity index (χ1) is 14.9. The maximum absolute atomic E-state index is 13.8. The molecule has 3 N–H and O–H groups in total. The molecule has 0 heterocycles. The molecule has 1 amide bonds. The van der Waals surface area contributed by atoms with Crippen LogP contribution in [-0.4, -0.2) is 24.4 Å². The second-order valence-corrected chi connectivity index (χ2v) is 7.88. The zero-order valence-corrected chi connectivity index (χ0v) is 19.1. The summed E-state index contributed by atoms with van der Waals surface area (Å²) in [5, 5.41) is 9.84. The van der Waals surface area contributed by atoms with E-state index in [1.165, 1.54) is 37.1 Å². The van der Waals surface area contributed by atoms with Gasteiger partial charge in [-0.05, 0) is 54.9 Å². The summed E-state index contributed by atoms with van der Waals surface area (Å²) in [5.74, 6) is -0.692. The highest BCUT2D eigenvalue weighted by Gasteiger charge is 2.13. The molecular weight excluding hydrogens is 457 g/mol. The number of carbonyl (C=O) groups is 1. The van der Waals surface area contributed by atoms with Crippen molar-refractivity contribution < 1.29 is 13.9 Å². The van der Waals surface area contributed by atoms with Gasteiger partial charge in [0.15, 0.2) is 5.11 Å². The third kappa shape index (κ3) is 5.66. The Bertz CT molecular complexity index is 1130. The van der Waals surface area contributed by atoms with Crippen molar-refractivity contribution in [2.75, 3.05) is 29.3 Å². The minimum atomic E-state index is -0.590. The molecule has 0 bridgehead atoms. The van der Waals surface area contributed by atoms with Crippen LogP contribution in [0.1, 0.15) is 10.4 Å². The van der Waals surface area contributed by atoms with Crippen LogP contribution in [0.25, 0.3) is 0 Å². The van der Waals surface area contributed by atoms with Crippen LogP contribution in [0.15, 0.2) is 65.6 Å². The van der Waals surface area contributed by atoms with E-state index in [1.807, 2.05) is 24.5 Å². The van der Waals surface area contributed by atoms with Crippen molar-refractivity contribution in [1.29, 1.82) is 0 Å². The van der Waals surface area contributed by atoms with Gasteiger partial charge in [-0.2, -0.15) is 0 Å². The lowest BCUT2D eigenvalue weighted by molar-refractivity contribution is 0.102. The summed E-state index contributed by atoms with van der Waals surface area (Å²) in [6, 6.07) is 16.3. The van der Waals surface area contributed by atoms with Crippen LogP contribution in [0.4, 0.5) is 21.5 Å². The maximum atomic E-state index is 13.8. The minimum absolute atomic E-state index is 0.0415. The molecule has 0 aliphatic heterocycles. The summed E-state index contributed by atoms with van der Waals surface area (Å²) in [6.45, 7) is 0. The predicted molar refractivity (Wildman–Crippen MR) is 130 cm³/mol. The van der Waals surface area contributed by atoms with Gasteiger partial charge in [-0.1, -0.05) is 29.8 Å². The van der Waals surface area contributed by atoms with Crippen molar-refractivity contribution >= 4 is 63.7 Å². The molecule has 0 spiro atoms. The largest absolute Gasteiger partial charge is 0.494 e. The number of anilines is 3. The van der Waals surface area contributed by atoms with Crippen LogP contribution in [-0.2, 0) is 0 Å². The summed E-state index contributed by atoms with van der Waals surface area (Å²) in [5.41, 5.74) is 1.79. The number of thioether (sulfide) groups is 1. The second kappa shape index (κ2) is 10.5. The Morgan fingerprint density at radius 3 is 2.48 bits per heavy atom. The van der Waals surface area contributed by atoms with Crippen molar-refractivity contribution in [2.24, 2.45) is 0 Å². The highest BCUT2D eigenvalue weighted by Crippen LogP contribution is 2.33. The molecule has 5 nitrogen and oxygen atoms in total. The van der Waals surface area contributed by atoms with Gasteiger partial charge in [0.25, 0.3) is 5.91 Å². The van der Waals surface area contributed by atoms with Gasteiger partial charge in [0.2, 0.25) is 0 Å². The summed E-state index contributed by atoms with van der Waals surface area (Å²) < 4.78 is 19.2. The van der Waals surface area contributed by atoms with Crippen molar-refractivity contribution in [3.8, 4) is 5.75 Å². The molecule has 0 fully saturated rings. The fourth-order valence-corrected chi connectivity index (χ4v) is 4.03. The SMILES string of the molecule is COc1cc(NC(=O)c2ccccc2F)ccc1NC(=S)Nc1cccc(Cl)c1SC. The number of methoxy groups -OCH3 is 1. The van der Waals surface area contributed by atoms with Crippen LogP contribution in [0.5, 0.6) is 5.75 Å². The molecule has 0 atom stereocenters. The number of thiocarbonyl (C=S) groups is 1. The van der Waals surface area contributed by atoms with Crippen molar-refractivity contribution in [3.05, 3.63) is 77.1 Å². The molecule has 3 aromatic carbocycles. The summed E-state index contributed by atoms with van der Waals surface area (Å²) in [7, 11) is 1.50. The quantitative estimate of drug-likeness (QED) is 0.288. The standard InChI is InChI=1S/C22H19ClFN3O2S2/c1-29-19-12-13(25-21(28)14-6-3-4-8-16(14)24)10-11-17(19)26-22(30)27-18-9-5-7-15(23)20(18)31-2/h3-12H,1-2H3,(H,25,28)(H2,26,27,30). The summed E-state index contributed by atoms with van der Waals surface area (Å²) >= 11 is 13.2. The monoisotopic (exact) mass is 475 g/mol. The fraction of sp³-hybridized carbons (Fsp3) is 0.0909. The molecule has 0 radical (unpaired) electrons. The van der Waals surface area contributed by atoms with Crippen LogP contribution in [0.3, 0.4) is 0 Å². The summed E-state index contributed by atoms with van der Waals surface area (Å²) in [6.07, 6.45) is 1.93. The average molecular weight is 476 g/mol. The number of carbonyl (C=O) groups excluding carboxylic acids is 1. The number of rotatable bonds is 6. The Kier molecular flexibility index (Phi) is 7.73. The topological polar surface area (TPSA) is 62.4 Å². The molecule has 160 valence electrons. The van der Waals surface area contributed by atoms with Crippen molar-refractivity contribution in [1.82, 2.24) is 0 Å². The van der Waals surface area contributed by atoms with E-state index in [0.29, 0.717) is 27.3 Å². The Balaban J connectivity index is 1.73. The lowest BCUT2D eigenvalue weighted by Gasteiger charge is -2.16. The fourth-order valence-electron chi connectivity index (χ4n) is 2.81. The van der Waals surface area contributed by atoms with E-state index in [4.69, 9.17) is 28.6 Å². The molecule has 0 aliphatic rings. The molecule has 3 aromatic rings. The highest BCUT2D eigenvalue weighted by molar-refractivity contribution is 7.98. The van der Waals surface area contributed by atoms with Gasteiger partial charge in [-0.3, -0.25) is 4.79 Å².